The van der Waals surface area contributed by atoms with Gasteiger partial charge >= 0.3 is 12.1 Å². The summed E-state index contributed by atoms with van der Waals surface area (Å²) in [5.41, 5.74) is 0.500. The van der Waals surface area contributed by atoms with Crippen LogP contribution in [0.1, 0.15) is 31.1 Å². The van der Waals surface area contributed by atoms with Gasteiger partial charge in [-0.2, -0.15) is 0 Å². The first kappa shape index (κ1) is 17.2. The van der Waals surface area contributed by atoms with Crippen LogP contribution in [0.15, 0.2) is 29.3 Å². The molecule has 2 aromatic rings. The largest absolute Gasteiger partial charge is 0.478 e. The van der Waals surface area contributed by atoms with Crippen molar-refractivity contribution in [3.8, 4) is 0 Å². The smallest absolute Gasteiger partial charge is 0.407 e. The Morgan fingerprint density at radius 3 is 2.74 bits per heavy atom. The molecule has 124 valence electrons. The standard InChI is InChI=1S/C16H20N2O4S/c1-16(2,3)22-15(21)18-6-7-23-13-9-10(14(19)20)8-12-11(13)4-5-17-12/h4-5,8-9,17H,6-7H2,1-3H3,(H,18,21)(H,19,20). The molecule has 0 radical (unpaired) electrons. The Bertz CT molecular complexity index is 718. The molecule has 1 heterocycles. The van der Waals surface area contributed by atoms with Gasteiger partial charge in [0, 0.05) is 34.3 Å². The number of hydrogen-bond acceptors (Lipinski definition) is 4. The summed E-state index contributed by atoms with van der Waals surface area (Å²) in [5, 5.41) is 12.8. The van der Waals surface area contributed by atoms with Crippen LogP contribution in [0.4, 0.5) is 4.79 Å². The summed E-state index contributed by atoms with van der Waals surface area (Å²) in [7, 11) is 0. The number of H-pyrrole nitrogens is 1. The number of carbonyl (C=O) groups is 2. The number of carbonyl (C=O) groups excluding carboxylic acids is 1. The number of fused-ring (bicyclic) bond motifs is 1. The monoisotopic (exact) mass is 336 g/mol. The molecule has 2 rings (SSSR count). The van der Waals surface area contributed by atoms with Crippen molar-refractivity contribution >= 4 is 34.7 Å². The number of hydrogen-bond donors (Lipinski definition) is 3. The van der Waals surface area contributed by atoms with Crippen molar-refractivity contribution in [2.24, 2.45) is 0 Å². The second kappa shape index (κ2) is 6.95. The van der Waals surface area contributed by atoms with E-state index in [0.29, 0.717) is 12.3 Å². The van der Waals surface area contributed by atoms with Gasteiger partial charge in [0.1, 0.15) is 5.60 Å². The maximum atomic E-state index is 11.6. The number of carboxylic acids is 1. The minimum atomic E-state index is -0.963. The molecule has 3 N–H and O–H groups in total. The van der Waals surface area contributed by atoms with Gasteiger partial charge in [0.05, 0.1) is 5.56 Å². The third-order valence-electron chi connectivity index (χ3n) is 2.91. The Morgan fingerprint density at radius 2 is 2.09 bits per heavy atom. The van der Waals surface area contributed by atoms with Crippen LogP contribution < -0.4 is 5.32 Å². The molecule has 0 bridgehead atoms. The third-order valence-corrected chi connectivity index (χ3v) is 3.96. The van der Waals surface area contributed by atoms with Crippen molar-refractivity contribution in [2.45, 2.75) is 31.3 Å². The lowest BCUT2D eigenvalue weighted by atomic mass is 10.1. The highest BCUT2D eigenvalue weighted by Crippen LogP contribution is 2.29. The zero-order chi connectivity index (χ0) is 17.0. The molecule has 0 saturated heterocycles. The first-order valence-corrected chi connectivity index (χ1v) is 8.19. The van der Waals surface area contributed by atoms with Gasteiger partial charge in [-0.3, -0.25) is 0 Å². The number of rotatable bonds is 5. The van der Waals surface area contributed by atoms with Crippen molar-refractivity contribution in [3.63, 3.8) is 0 Å². The molecule has 1 amide bonds. The third kappa shape index (κ3) is 4.92. The zero-order valence-corrected chi connectivity index (χ0v) is 14.1. The van der Waals surface area contributed by atoms with E-state index in [4.69, 9.17) is 9.84 Å². The van der Waals surface area contributed by atoms with E-state index in [1.807, 2.05) is 6.07 Å². The fourth-order valence-electron chi connectivity index (χ4n) is 2.00. The number of ether oxygens (including phenoxy) is 1. The van der Waals surface area contributed by atoms with E-state index in [2.05, 4.69) is 10.3 Å². The summed E-state index contributed by atoms with van der Waals surface area (Å²) in [5.74, 6) is -0.349. The maximum absolute atomic E-state index is 11.6. The quantitative estimate of drug-likeness (QED) is 0.574. The lowest BCUT2D eigenvalue weighted by Gasteiger charge is -2.19. The molecule has 0 spiro atoms. The Kier molecular flexibility index (Phi) is 5.20. The van der Waals surface area contributed by atoms with Crippen LogP contribution in [-0.4, -0.2) is 40.1 Å². The van der Waals surface area contributed by atoms with Crippen LogP contribution in [0.3, 0.4) is 0 Å². The highest BCUT2D eigenvalue weighted by Gasteiger charge is 2.15. The van der Waals surface area contributed by atoms with Crippen molar-refractivity contribution < 1.29 is 19.4 Å². The number of alkyl carbamates (subject to hydrolysis) is 1. The van der Waals surface area contributed by atoms with Gasteiger partial charge in [0.25, 0.3) is 0 Å². The van der Waals surface area contributed by atoms with Crippen molar-refractivity contribution in [1.29, 1.82) is 0 Å². The average molecular weight is 336 g/mol. The fraction of sp³-hybridized carbons (Fsp3) is 0.375. The first-order valence-electron chi connectivity index (χ1n) is 7.20. The zero-order valence-electron chi connectivity index (χ0n) is 13.3. The van der Waals surface area contributed by atoms with Crippen molar-refractivity contribution in [1.82, 2.24) is 10.3 Å². The molecule has 0 aliphatic carbocycles. The summed E-state index contributed by atoms with van der Waals surface area (Å²) >= 11 is 1.49. The molecule has 1 aromatic carbocycles. The van der Waals surface area contributed by atoms with E-state index in [1.54, 1.807) is 39.1 Å². The van der Waals surface area contributed by atoms with E-state index < -0.39 is 17.7 Å². The normalized spacial score (nSPS) is 11.4. The van der Waals surface area contributed by atoms with E-state index in [-0.39, 0.29) is 5.56 Å². The molecule has 0 fully saturated rings. The first-order chi connectivity index (χ1) is 10.8. The van der Waals surface area contributed by atoms with E-state index in [1.165, 1.54) is 11.8 Å². The molecule has 0 unspecified atom stereocenters. The van der Waals surface area contributed by atoms with Gasteiger partial charge < -0.3 is 20.1 Å². The van der Waals surface area contributed by atoms with Crippen LogP contribution in [0.25, 0.3) is 10.9 Å². The summed E-state index contributed by atoms with van der Waals surface area (Å²) in [6.45, 7) is 5.85. The second-order valence-corrected chi connectivity index (χ2v) is 7.13. The number of aromatic amines is 1. The molecule has 0 aliphatic heterocycles. The molecule has 0 atom stereocenters. The minimum Gasteiger partial charge on any atom is -0.478 e. The van der Waals surface area contributed by atoms with Crippen molar-refractivity contribution in [2.75, 3.05) is 12.3 Å². The van der Waals surface area contributed by atoms with Crippen LogP contribution in [-0.2, 0) is 4.74 Å². The highest BCUT2D eigenvalue weighted by atomic mass is 32.2. The topological polar surface area (TPSA) is 91.4 Å². The predicted molar refractivity (Wildman–Crippen MR) is 90.2 cm³/mol. The molecule has 7 heteroatoms. The van der Waals surface area contributed by atoms with E-state index >= 15 is 0 Å². The number of benzene rings is 1. The van der Waals surface area contributed by atoms with Crippen LogP contribution in [0.5, 0.6) is 0 Å². The minimum absolute atomic E-state index is 0.238. The molecular weight excluding hydrogens is 316 g/mol. The summed E-state index contributed by atoms with van der Waals surface area (Å²) in [4.78, 5) is 26.6. The predicted octanol–water partition coefficient (Wildman–Crippen LogP) is 3.48. The lowest BCUT2D eigenvalue weighted by molar-refractivity contribution is 0.0530. The van der Waals surface area contributed by atoms with Gasteiger partial charge in [-0.25, -0.2) is 9.59 Å². The molecule has 23 heavy (non-hydrogen) atoms. The fourth-order valence-corrected chi connectivity index (χ4v) is 2.97. The Hall–Kier alpha value is -2.15. The van der Waals surface area contributed by atoms with Crippen LogP contribution in [0, 0.1) is 0 Å². The van der Waals surface area contributed by atoms with Crippen LogP contribution in [0.2, 0.25) is 0 Å². The molecule has 0 saturated carbocycles. The van der Waals surface area contributed by atoms with Crippen molar-refractivity contribution in [3.05, 3.63) is 30.0 Å². The Morgan fingerprint density at radius 1 is 1.35 bits per heavy atom. The summed E-state index contributed by atoms with van der Waals surface area (Å²) in [6.07, 6.45) is 1.32. The van der Waals surface area contributed by atoms with Gasteiger partial charge in [-0.15, -0.1) is 11.8 Å². The maximum Gasteiger partial charge on any atom is 0.407 e. The van der Waals surface area contributed by atoms with Gasteiger partial charge in [-0.05, 0) is 39.0 Å². The molecule has 1 aromatic heterocycles. The Labute approximate surface area is 138 Å². The summed E-state index contributed by atoms with van der Waals surface area (Å²) < 4.78 is 5.16. The molecule has 6 nitrogen and oxygen atoms in total. The Balaban J connectivity index is 1.96. The lowest BCUT2D eigenvalue weighted by Crippen LogP contribution is -2.33. The molecular formula is C16H20N2O4S. The second-order valence-electron chi connectivity index (χ2n) is 6.00. The van der Waals surface area contributed by atoms with E-state index in [9.17, 15) is 9.59 Å². The number of nitrogens with one attached hydrogen (secondary N) is 2. The van der Waals surface area contributed by atoms with Gasteiger partial charge in [0.15, 0.2) is 0 Å². The van der Waals surface area contributed by atoms with Gasteiger partial charge in [-0.1, -0.05) is 0 Å². The highest BCUT2D eigenvalue weighted by molar-refractivity contribution is 7.99. The number of thioether (sulfide) groups is 1. The average Bonchev–Trinajstić information content (AvgIpc) is 2.89. The van der Waals surface area contributed by atoms with Crippen LogP contribution >= 0.6 is 11.8 Å². The number of aromatic nitrogens is 1. The number of carboxylic acid groups (broad SMARTS) is 1. The SMILES string of the molecule is CC(C)(C)OC(=O)NCCSc1cc(C(=O)O)cc2[nH]ccc12. The van der Waals surface area contributed by atoms with Gasteiger partial charge in [0.2, 0.25) is 0 Å². The number of amides is 1. The molecule has 0 aliphatic rings. The van der Waals surface area contributed by atoms with E-state index in [0.717, 1.165) is 15.8 Å². The number of aromatic carboxylic acids is 1. The summed E-state index contributed by atoms with van der Waals surface area (Å²) in [6, 6.07) is 5.17.